The minimum Gasteiger partial charge on any atom is -0.0617 e. The lowest BCUT2D eigenvalue weighted by molar-refractivity contribution is 0.563. The summed E-state index contributed by atoms with van der Waals surface area (Å²) in [7, 11) is 0. The molecule has 1 fully saturated rings. The molecule has 0 nitrogen and oxygen atoms in total. The summed E-state index contributed by atoms with van der Waals surface area (Å²) in [6.45, 7) is 0. The third-order valence-electron chi connectivity index (χ3n) is 1.63. The zero-order valence-corrected chi connectivity index (χ0v) is 5.04. The highest BCUT2D eigenvalue weighted by molar-refractivity contribution is 5.14. The molecule has 8 heavy (non-hydrogen) atoms. The highest BCUT2D eigenvalue weighted by Crippen LogP contribution is 2.23. The van der Waals surface area contributed by atoms with E-state index in [1.54, 1.807) is 0 Å². The van der Waals surface area contributed by atoms with Crippen molar-refractivity contribution in [1.29, 1.82) is 0 Å². The van der Waals surface area contributed by atoms with Crippen molar-refractivity contribution >= 4 is 0 Å². The van der Waals surface area contributed by atoms with Crippen LogP contribution in [0, 0.1) is 18.3 Å². The first-order chi connectivity index (χ1) is 3.93. The number of rotatable bonds is 0. The quantitative estimate of drug-likeness (QED) is 0.328. The molecule has 0 N–H and O–H groups in total. The van der Waals surface area contributed by atoms with Crippen molar-refractivity contribution in [2.45, 2.75) is 32.1 Å². The van der Waals surface area contributed by atoms with Gasteiger partial charge in [-0.25, -0.2) is 0 Å². The fourth-order valence-electron chi connectivity index (χ4n) is 1.10. The Morgan fingerprint density at radius 2 is 1.75 bits per heavy atom. The Labute approximate surface area is 51.3 Å². The molecule has 0 saturated heterocycles. The lowest BCUT2D eigenvalue weighted by Crippen LogP contribution is -1.99. The minimum atomic E-state index is 1.13. The van der Waals surface area contributed by atoms with Gasteiger partial charge in [0.15, 0.2) is 0 Å². The van der Waals surface area contributed by atoms with E-state index in [2.05, 4.69) is 5.92 Å². The molecule has 0 aromatic carbocycles. The third-order valence-corrected chi connectivity index (χ3v) is 1.63. The van der Waals surface area contributed by atoms with Gasteiger partial charge < -0.3 is 0 Å². The van der Waals surface area contributed by atoms with Crippen LogP contribution in [0.1, 0.15) is 32.1 Å². The van der Waals surface area contributed by atoms with E-state index in [1.807, 2.05) is 0 Å². The van der Waals surface area contributed by atoms with Crippen LogP contribution in [-0.2, 0) is 0 Å². The van der Waals surface area contributed by atoms with Crippen molar-refractivity contribution in [3.63, 3.8) is 0 Å². The van der Waals surface area contributed by atoms with Gasteiger partial charge in [-0.2, -0.15) is 0 Å². The van der Waals surface area contributed by atoms with E-state index in [0.717, 1.165) is 12.8 Å². The van der Waals surface area contributed by atoms with E-state index in [-0.39, 0.29) is 0 Å². The summed E-state index contributed by atoms with van der Waals surface area (Å²) >= 11 is 0. The molecule has 0 bridgehead atoms. The van der Waals surface area contributed by atoms with Crippen molar-refractivity contribution in [1.82, 2.24) is 0 Å². The van der Waals surface area contributed by atoms with Gasteiger partial charge in [-0.1, -0.05) is 12.3 Å². The van der Waals surface area contributed by atoms with Crippen molar-refractivity contribution in [2.75, 3.05) is 0 Å². The van der Waals surface area contributed by atoms with Gasteiger partial charge in [0, 0.05) is 0 Å². The zero-order chi connectivity index (χ0) is 5.82. The highest BCUT2D eigenvalue weighted by atomic mass is 14.1. The molecule has 0 spiro atoms. The predicted octanol–water partition coefficient (Wildman–Crippen LogP) is 2.11. The van der Waals surface area contributed by atoms with Crippen LogP contribution >= 0.6 is 0 Å². The van der Waals surface area contributed by atoms with E-state index < -0.39 is 0 Å². The summed E-state index contributed by atoms with van der Waals surface area (Å²) < 4.78 is 0. The lowest BCUT2D eigenvalue weighted by Gasteiger charge is -2.14. The van der Waals surface area contributed by atoms with Crippen LogP contribution in [0.4, 0.5) is 0 Å². The molecule has 0 unspecified atom stereocenters. The number of hydrogen-bond acceptors (Lipinski definition) is 0. The molecule has 1 aliphatic carbocycles. The number of hydrogen-bond donors (Lipinski definition) is 0. The Hall–Kier alpha value is -0.570. The van der Waals surface area contributed by atoms with Crippen LogP contribution in [0.25, 0.3) is 0 Å². The molecule has 0 aromatic rings. The van der Waals surface area contributed by atoms with Gasteiger partial charge in [0.2, 0.25) is 0 Å². The zero-order valence-electron chi connectivity index (χ0n) is 5.04. The van der Waals surface area contributed by atoms with Crippen LogP contribution in [0.3, 0.4) is 0 Å². The Morgan fingerprint density at radius 3 is 2.12 bits per heavy atom. The molecule has 1 aliphatic rings. The maximum Gasteiger partial charge on any atom is -0.0102 e. The summed E-state index contributed by atoms with van der Waals surface area (Å²) in [6, 6.07) is 0. The standard InChI is InChI=1S/C8H10/c1-2-8-6-4-3-5-7-8/h3-7H2. The monoisotopic (exact) mass is 106 g/mol. The molecule has 0 aliphatic heterocycles. The van der Waals surface area contributed by atoms with Crippen molar-refractivity contribution in [3.8, 4) is 5.92 Å². The van der Waals surface area contributed by atoms with Gasteiger partial charge in [-0.05, 0) is 38.0 Å². The summed E-state index contributed by atoms with van der Waals surface area (Å²) in [4.78, 5) is 0. The molecular weight excluding hydrogens is 96.1 g/mol. The van der Waals surface area contributed by atoms with Crippen LogP contribution in [0.2, 0.25) is 0 Å². The molecule has 0 atom stereocenters. The molecule has 0 radical (unpaired) electrons. The first-order valence-corrected chi connectivity index (χ1v) is 3.21. The van der Waals surface area contributed by atoms with Gasteiger partial charge in [0.1, 0.15) is 0 Å². The van der Waals surface area contributed by atoms with Gasteiger partial charge in [0.05, 0.1) is 0 Å². The Balaban J connectivity index is 2.25. The normalized spacial score (nSPS) is 20.1. The predicted molar refractivity (Wildman–Crippen MR) is 33.5 cm³/mol. The fraction of sp³-hybridized carbons (Fsp3) is 0.625. The second kappa shape index (κ2) is 2.67. The van der Waals surface area contributed by atoms with E-state index >= 15 is 0 Å². The molecule has 1 saturated carbocycles. The first kappa shape index (κ1) is 5.56. The molecule has 0 aromatic heterocycles. The topological polar surface area (TPSA) is 0 Å². The third kappa shape index (κ3) is 1.20. The van der Waals surface area contributed by atoms with Crippen LogP contribution in [-0.4, -0.2) is 0 Å². The summed E-state index contributed by atoms with van der Waals surface area (Å²) in [6.07, 6.45) is 13.0. The Morgan fingerprint density at radius 1 is 1.12 bits per heavy atom. The van der Waals surface area contributed by atoms with Crippen LogP contribution in [0.15, 0.2) is 0 Å². The smallest absolute Gasteiger partial charge is 0.0102 e. The average molecular weight is 106 g/mol. The van der Waals surface area contributed by atoms with Crippen molar-refractivity contribution in [3.05, 3.63) is 12.3 Å². The lowest BCUT2D eigenvalue weighted by atomic mass is 9.90. The molecule has 0 heteroatoms. The van der Waals surface area contributed by atoms with E-state index in [0.29, 0.717) is 0 Å². The van der Waals surface area contributed by atoms with E-state index in [4.69, 9.17) is 6.42 Å². The molecule has 0 heterocycles. The molecule has 1 rings (SSSR count). The first-order valence-electron chi connectivity index (χ1n) is 3.21. The van der Waals surface area contributed by atoms with Gasteiger partial charge in [-0.3, -0.25) is 0 Å². The maximum atomic E-state index is 6.81. The molecular formula is C8H10. The SMILES string of the molecule is [C-]#C[C+]1CCCCC1. The van der Waals surface area contributed by atoms with Crippen LogP contribution < -0.4 is 0 Å². The van der Waals surface area contributed by atoms with Gasteiger partial charge >= 0.3 is 0 Å². The van der Waals surface area contributed by atoms with E-state index in [9.17, 15) is 0 Å². The molecule has 0 amide bonds. The summed E-state index contributed by atoms with van der Waals surface area (Å²) in [5.41, 5.74) is 0. The molecule has 42 valence electrons. The van der Waals surface area contributed by atoms with E-state index in [1.165, 1.54) is 25.2 Å². The summed E-state index contributed by atoms with van der Waals surface area (Å²) in [5.74, 6) is 3.69. The summed E-state index contributed by atoms with van der Waals surface area (Å²) in [5, 5.41) is 0. The second-order valence-electron chi connectivity index (χ2n) is 2.29. The van der Waals surface area contributed by atoms with Gasteiger partial charge in [-0.15, -0.1) is 0 Å². The Kier molecular flexibility index (Phi) is 1.86. The van der Waals surface area contributed by atoms with Crippen molar-refractivity contribution in [2.24, 2.45) is 0 Å². The highest BCUT2D eigenvalue weighted by Gasteiger charge is 2.08. The Bertz CT molecular complexity index is 91.1. The van der Waals surface area contributed by atoms with Gasteiger partial charge in [0.25, 0.3) is 0 Å². The largest absolute Gasteiger partial charge is 0.0617 e. The van der Waals surface area contributed by atoms with Crippen LogP contribution in [0.5, 0.6) is 0 Å². The second-order valence-corrected chi connectivity index (χ2v) is 2.29. The van der Waals surface area contributed by atoms with Crippen molar-refractivity contribution < 1.29 is 0 Å². The minimum absolute atomic E-state index is 1.13. The average Bonchev–Trinajstić information content (AvgIpc) is 1.90. The fourth-order valence-corrected chi connectivity index (χ4v) is 1.10. The maximum absolute atomic E-state index is 6.81.